The summed E-state index contributed by atoms with van der Waals surface area (Å²) in [6.45, 7) is 0.965. The van der Waals surface area contributed by atoms with Crippen LogP contribution in [0, 0.1) is 0 Å². The molecule has 1 aromatic heterocycles. The molecule has 0 N–H and O–H groups in total. The van der Waals surface area contributed by atoms with E-state index < -0.39 is 6.04 Å². The molecule has 0 aliphatic carbocycles. The molecule has 3 heterocycles. The van der Waals surface area contributed by atoms with Gasteiger partial charge in [0.15, 0.2) is 0 Å². The molecule has 2 aliphatic heterocycles. The maximum atomic E-state index is 12.9. The average Bonchev–Trinajstić information content (AvgIpc) is 3.29. The molecule has 134 valence electrons. The number of hydrogen-bond donors (Lipinski definition) is 0. The van der Waals surface area contributed by atoms with Crippen molar-refractivity contribution in [3.63, 3.8) is 0 Å². The van der Waals surface area contributed by atoms with E-state index in [1.54, 1.807) is 40.1 Å². The van der Waals surface area contributed by atoms with E-state index >= 15 is 0 Å². The maximum Gasteiger partial charge on any atom is 0.332 e. The highest BCUT2D eigenvalue weighted by molar-refractivity contribution is 7.12. The predicted octanol–water partition coefficient (Wildman–Crippen LogP) is 2.05. The molecule has 2 saturated heterocycles. The maximum absolute atomic E-state index is 12.9. The summed E-state index contributed by atoms with van der Waals surface area (Å²) in [5.41, 5.74) is 0.477. The van der Waals surface area contributed by atoms with Gasteiger partial charge in [-0.05, 0) is 23.6 Å². The number of thiophene rings is 1. The summed E-state index contributed by atoms with van der Waals surface area (Å²) < 4.78 is 5.18. The van der Waals surface area contributed by atoms with Gasteiger partial charge in [0, 0.05) is 19.2 Å². The van der Waals surface area contributed by atoms with Crippen LogP contribution < -0.4 is 9.64 Å². The molecule has 0 saturated carbocycles. The molecule has 2 aliphatic rings. The summed E-state index contributed by atoms with van der Waals surface area (Å²) in [6, 6.07) is 9.44. The van der Waals surface area contributed by atoms with Crippen LogP contribution in [0.2, 0.25) is 0 Å². The normalized spacial score (nSPS) is 19.7. The number of nitrogens with zero attached hydrogens (tertiary/aromatic N) is 3. The molecule has 0 bridgehead atoms. The van der Waals surface area contributed by atoms with Crippen LogP contribution in [0.4, 0.5) is 10.5 Å². The van der Waals surface area contributed by atoms with Gasteiger partial charge in [-0.1, -0.05) is 12.1 Å². The number of fused-ring (bicyclic) bond motifs is 1. The third-order valence-electron chi connectivity index (χ3n) is 4.65. The Bertz CT molecular complexity index is 867. The molecule has 0 radical (unpaired) electrons. The Morgan fingerprint density at radius 1 is 1.19 bits per heavy atom. The van der Waals surface area contributed by atoms with Crippen LogP contribution in [0.1, 0.15) is 9.67 Å². The van der Waals surface area contributed by atoms with Crippen molar-refractivity contribution >= 4 is 34.9 Å². The third kappa shape index (κ3) is 2.62. The summed E-state index contributed by atoms with van der Waals surface area (Å²) in [5, 5.41) is 1.85. The van der Waals surface area contributed by atoms with Gasteiger partial charge in [-0.3, -0.25) is 9.59 Å². The predicted molar refractivity (Wildman–Crippen MR) is 96.6 cm³/mol. The second kappa shape index (κ2) is 6.45. The third-order valence-corrected chi connectivity index (χ3v) is 5.51. The molecule has 1 aromatic carbocycles. The number of hydrogen-bond acceptors (Lipinski definition) is 5. The van der Waals surface area contributed by atoms with Crippen LogP contribution in [0.3, 0.4) is 0 Å². The van der Waals surface area contributed by atoms with Crippen LogP contribution in [0.15, 0.2) is 41.8 Å². The lowest BCUT2D eigenvalue weighted by molar-refractivity contribution is -0.120. The second-order valence-corrected chi connectivity index (χ2v) is 7.04. The molecule has 7 nitrogen and oxygen atoms in total. The van der Waals surface area contributed by atoms with E-state index in [-0.39, 0.29) is 24.4 Å². The van der Waals surface area contributed by atoms with Gasteiger partial charge in [-0.2, -0.15) is 0 Å². The fraction of sp³-hybridized carbons (Fsp3) is 0.278. The van der Waals surface area contributed by atoms with Gasteiger partial charge < -0.3 is 14.5 Å². The number of amides is 4. The van der Waals surface area contributed by atoms with Crippen LogP contribution in [0.25, 0.3) is 0 Å². The first-order valence-corrected chi connectivity index (χ1v) is 9.09. The zero-order valence-corrected chi connectivity index (χ0v) is 14.9. The van der Waals surface area contributed by atoms with Crippen molar-refractivity contribution in [2.75, 3.05) is 31.6 Å². The van der Waals surface area contributed by atoms with E-state index in [4.69, 9.17) is 4.74 Å². The first-order valence-electron chi connectivity index (χ1n) is 8.21. The molecule has 1 atom stereocenters. The van der Waals surface area contributed by atoms with E-state index in [0.29, 0.717) is 29.4 Å². The number of urea groups is 1. The van der Waals surface area contributed by atoms with Crippen molar-refractivity contribution in [2.24, 2.45) is 0 Å². The highest BCUT2D eigenvalue weighted by atomic mass is 32.1. The number of piperazine rings is 1. The Morgan fingerprint density at radius 3 is 2.77 bits per heavy atom. The number of carbonyl (C=O) groups is 3. The lowest BCUT2D eigenvalue weighted by atomic mass is 10.1. The molecular formula is C18H17N3O4S. The minimum Gasteiger partial charge on any atom is -0.497 e. The fourth-order valence-corrected chi connectivity index (χ4v) is 4.01. The lowest BCUT2D eigenvalue weighted by Crippen LogP contribution is -2.54. The molecule has 0 unspecified atom stereocenters. The number of anilines is 1. The molecule has 8 heteroatoms. The number of rotatable bonds is 3. The molecule has 0 spiro atoms. The van der Waals surface area contributed by atoms with Crippen molar-refractivity contribution in [1.82, 2.24) is 9.80 Å². The van der Waals surface area contributed by atoms with Crippen LogP contribution in [-0.2, 0) is 4.79 Å². The molecule has 4 rings (SSSR count). The Morgan fingerprint density at radius 2 is 2.04 bits per heavy atom. The van der Waals surface area contributed by atoms with Gasteiger partial charge in [0.2, 0.25) is 0 Å². The second-order valence-electron chi connectivity index (χ2n) is 6.10. The smallest absolute Gasteiger partial charge is 0.332 e. The first-order chi connectivity index (χ1) is 12.6. The summed E-state index contributed by atoms with van der Waals surface area (Å²) in [5.74, 6) is 0.161. The molecule has 4 amide bonds. The Labute approximate surface area is 154 Å². The molecular weight excluding hydrogens is 354 g/mol. The van der Waals surface area contributed by atoms with Crippen LogP contribution >= 0.6 is 11.3 Å². The SMILES string of the molecule is COc1cccc(N2C(=O)[C@H]3CN(C(=O)c4cccs4)CCN3C2=O)c1. The number of benzene rings is 1. The Balaban J connectivity index is 1.57. The zero-order valence-electron chi connectivity index (χ0n) is 14.1. The van der Waals surface area contributed by atoms with Crippen LogP contribution in [-0.4, -0.2) is 60.4 Å². The van der Waals surface area contributed by atoms with Gasteiger partial charge >= 0.3 is 6.03 Å². The van der Waals surface area contributed by atoms with Crippen molar-refractivity contribution in [1.29, 1.82) is 0 Å². The van der Waals surface area contributed by atoms with Crippen molar-refractivity contribution in [2.45, 2.75) is 6.04 Å². The standard InChI is InChI=1S/C18H17N3O4S/c1-25-13-5-2-4-12(10-13)21-16(22)14-11-19(7-8-20(14)18(21)24)17(23)15-6-3-9-26-15/h2-6,9-10,14H,7-8,11H2,1H3/t14-/m1/s1. The zero-order chi connectivity index (χ0) is 18.3. The topological polar surface area (TPSA) is 70.2 Å². The van der Waals surface area contributed by atoms with Gasteiger partial charge in [0.1, 0.15) is 11.8 Å². The number of methoxy groups -OCH3 is 1. The van der Waals surface area contributed by atoms with E-state index in [9.17, 15) is 14.4 Å². The summed E-state index contributed by atoms with van der Waals surface area (Å²) in [4.78, 5) is 43.2. The van der Waals surface area contributed by atoms with Gasteiger partial charge in [0.05, 0.1) is 24.2 Å². The van der Waals surface area contributed by atoms with E-state index in [1.165, 1.54) is 23.3 Å². The molecule has 2 aromatic rings. The van der Waals surface area contributed by atoms with Crippen LogP contribution in [0.5, 0.6) is 5.75 Å². The minimum absolute atomic E-state index is 0.0975. The summed E-state index contributed by atoms with van der Waals surface area (Å²) in [6.07, 6.45) is 0. The average molecular weight is 371 g/mol. The van der Waals surface area contributed by atoms with Gasteiger partial charge in [-0.25, -0.2) is 9.69 Å². The van der Waals surface area contributed by atoms with E-state index in [0.717, 1.165) is 0 Å². The van der Waals surface area contributed by atoms with Gasteiger partial charge in [0.25, 0.3) is 11.8 Å². The Hall–Kier alpha value is -2.87. The quantitative estimate of drug-likeness (QED) is 0.775. The number of imide groups is 1. The molecule has 26 heavy (non-hydrogen) atoms. The van der Waals surface area contributed by atoms with Gasteiger partial charge in [-0.15, -0.1) is 11.3 Å². The lowest BCUT2D eigenvalue weighted by Gasteiger charge is -2.35. The van der Waals surface area contributed by atoms with E-state index in [2.05, 4.69) is 0 Å². The fourth-order valence-electron chi connectivity index (χ4n) is 3.32. The number of ether oxygens (including phenoxy) is 1. The summed E-state index contributed by atoms with van der Waals surface area (Å²) in [7, 11) is 1.53. The highest BCUT2D eigenvalue weighted by Crippen LogP contribution is 2.30. The van der Waals surface area contributed by atoms with Crippen molar-refractivity contribution in [3.8, 4) is 5.75 Å². The van der Waals surface area contributed by atoms with Crippen molar-refractivity contribution in [3.05, 3.63) is 46.7 Å². The van der Waals surface area contributed by atoms with E-state index in [1.807, 2.05) is 11.4 Å². The minimum atomic E-state index is -0.647. The first kappa shape index (κ1) is 16.6. The number of carbonyl (C=O) groups excluding carboxylic acids is 3. The monoisotopic (exact) mass is 371 g/mol. The molecule has 2 fully saturated rings. The highest BCUT2D eigenvalue weighted by Gasteiger charge is 2.49. The largest absolute Gasteiger partial charge is 0.497 e. The Kier molecular flexibility index (Phi) is 4.12. The summed E-state index contributed by atoms with van der Waals surface area (Å²) >= 11 is 1.37. The van der Waals surface area contributed by atoms with Crippen molar-refractivity contribution < 1.29 is 19.1 Å².